The Balaban J connectivity index is 1.79. The fraction of sp³-hybridized carbons (Fsp3) is 0.875. The minimum atomic E-state index is 0.312. The van der Waals surface area contributed by atoms with Crippen LogP contribution in [0.1, 0.15) is 46.5 Å². The molecule has 0 bridgehead atoms. The maximum absolute atomic E-state index is 11.6. The lowest BCUT2D eigenvalue weighted by molar-refractivity contribution is -0.127. The van der Waals surface area contributed by atoms with E-state index in [1.807, 2.05) is 4.90 Å². The van der Waals surface area contributed by atoms with Gasteiger partial charge in [-0.25, -0.2) is 0 Å². The van der Waals surface area contributed by atoms with Crippen LogP contribution in [-0.4, -0.2) is 60.9 Å². The smallest absolute Gasteiger partial charge is 0.222 e. The van der Waals surface area contributed by atoms with Gasteiger partial charge < -0.3 is 15.1 Å². The zero-order chi connectivity index (χ0) is 15.3. The van der Waals surface area contributed by atoms with Crippen molar-refractivity contribution in [2.45, 2.75) is 46.5 Å². The first kappa shape index (κ1) is 16.1. The highest BCUT2D eigenvalue weighted by molar-refractivity contribution is 5.80. The highest BCUT2D eigenvalue weighted by Crippen LogP contribution is 2.28. The third-order valence-electron chi connectivity index (χ3n) is 4.33. The number of rotatable bonds is 5. The first-order valence-corrected chi connectivity index (χ1v) is 8.33. The average Bonchev–Trinajstić information content (AvgIpc) is 2.99. The molecule has 1 N–H and O–H groups in total. The lowest BCUT2D eigenvalue weighted by Crippen LogP contribution is -2.41. The summed E-state index contributed by atoms with van der Waals surface area (Å²) in [6, 6.07) is 0. The molecule has 1 amide bonds. The largest absolute Gasteiger partial charge is 0.357 e. The Morgan fingerprint density at radius 1 is 1.38 bits per heavy atom. The molecular formula is C16H30N4O. The summed E-state index contributed by atoms with van der Waals surface area (Å²) in [5.41, 5.74) is 0.387. The molecular weight excluding hydrogens is 264 g/mol. The number of nitrogens with zero attached hydrogens (tertiary/aromatic N) is 3. The van der Waals surface area contributed by atoms with E-state index in [9.17, 15) is 4.79 Å². The van der Waals surface area contributed by atoms with Crippen LogP contribution in [0.25, 0.3) is 0 Å². The van der Waals surface area contributed by atoms with Crippen molar-refractivity contribution in [2.75, 3.05) is 39.3 Å². The molecule has 5 heteroatoms. The lowest BCUT2D eigenvalue weighted by atomic mass is 9.93. The van der Waals surface area contributed by atoms with Crippen molar-refractivity contribution in [3.8, 4) is 0 Å². The van der Waals surface area contributed by atoms with Crippen LogP contribution in [0.3, 0.4) is 0 Å². The number of guanidine groups is 1. The van der Waals surface area contributed by atoms with Crippen LogP contribution in [0.5, 0.6) is 0 Å². The minimum absolute atomic E-state index is 0.312. The summed E-state index contributed by atoms with van der Waals surface area (Å²) in [6.45, 7) is 12.4. The predicted molar refractivity (Wildman–Crippen MR) is 86.4 cm³/mol. The average molecular weight is 294 g/mol. The molecule has 0 aromatic carbocycles. The fourth-order valence-corrected chi connectivity index (χ4v) is 3.11. The van der Waals surface area contributed by atoms with E-state index in [4.69, 9.17) is 4.99 Å². The molecule has 0 aromatic rings. The molecule has 5 nitrogen and oxygen atoms in total. The third kappa shape index (κ3) is 4.61. The van der Waals surface area contributed by atoms with Gasteiger partial charge in [0.1, 0.15) is 0 Å². The Bertz CT molecular complexity index is 392. The summed E-state index contributed by atoms with van der Waals surface area (Å²) in [7, 11) is 0. The molecule has 0 atom stereocenters. The first-order chi connectivity index (χ1) is 10.0. The van der Waals surface area contributed by atoms with Crippen molar-refractivity contribution in [1.82, 2.24) is 15.1 Å². The van der Waals surface area contributed by atoms with E-state index in [2.05, 4.69) is 31.0 Å². The summed E-state index contributed by atoms with van der Waals surface area (Å²) in [4.78, 5) is 20.6. The van der Waals surface area contributed by atoms with Crippen molar-refractivity contribution in [3.63, 3.8) is 0 Å². The number of carbonyl (C=O) groups is 1. The second-order valence-electron chi connectivity index (χ2n) is 6.91. The SMILES string of the molecule is CCNC(=NCCCN1CCCC1=O)N1CCC(C)(C)C1. The number of likely N-dealkylation sites (tertiary alicyclic amines) is 2. The predicted octanol–water partition coefficient (Wildman–Crippen LogP) is 1.70. The van der Waals surface area contributed by atoms with E-state index in [0.29, 0.717) is 11.3 Å². The van der Waals surface area contributed by atoms with E-state index in [0.717, 1.165) is 64.5 Å². The van der Waals surface area contributed by atoms with E-state index in [1.165, 1.54) is 6.42 Å². The van der Waals surface area contributed by atoms with Gasteiger partial charge in [-0.05, 0) is 31.6 Å². The molecule has 0 radical (unpaired) electrons. The first-order valence-electron chi connectivity index (χ1n) is 8.33. The van der Waals surface area contributed by atoms with Gasteiger partial charge in [-0.1, -0.05) is 13.8 Å². The number of carbonyl (C=O) groups excluding carboxylic acids is 1. The third-order valence-corrected chi connectivity index (χ3v) is 4.33. The lowest BCUT2D eigenvalue weighted by Gasteiger charge is -2.23. The fourth-order valence-electron chi connectivity index (χ4n) is 3.11. The van der Waals surface area contributed by atoms with Gasteiger partial charge in [-0.15, -0.1) is 0 Å². The molecule has 0 aromatic heterocycles. The molecule has 2 aliphatic rings. The standard InChI is InChI=1S/C16H30N4O/c1-4-17-15(20-12-8-16(2,3)13-20)18-9-6-11-19-10-5-7-14(19)21/h4-13H2,1-3H3,(H,17,18). The van der Waals surface area contributed by atoms with E-state index in [-0.39, 0.29) is 0 Å². The van der Waals surface area contributed by atoms with E-state index < -0.39 is 0 Å². The Labute approximate surface area is 128 Å². The van der Waals surface area contributed by atoms with Crippen molar-refractivity contribution in [3.05, 3.63) is 0 Å². The van der Waals surface area contributed by atoms with Crippen LogP contribution in [0.2, 0.25) is 0 Å². The molecule has 2 fully saturated rings. The van der Waals surface area contributed by atoms with Gasteiger partial charge in [0.05, 0.1) is 0 Å². The van der Waals surface area contributed by atoms with Crippen LogP contribution < -0.4 is 5.32 Å². The molecule has 21 heavy (non-hydrogen) atoms. The Morgan fingerprint density at radius 2 is 2.19 bits per heavy atom. The van der Waals surface area contributed by atoms with Crippen LogP contribution >= 0.6 is 0 Å². The molecule has 0 spiro atoms. The maximum atomic E-state index is 11.6. The Kier molecular flexibility index (Phi) is 5.48. The molecule has 2 heterocycles. The van der Waals surface area contributed by atoms with Gasteiger partial charge in [0.25, 0.3) is 0 Å². The highest BCUT2D eigenvalue weighted by Gasteiger charge is 2.30. The zero-order valence-corrected chi connectivity index (χ0v) is 13.8. The van der Waals surface area contributed by atoms with Gasteiger partial charge in [-0.2, -0.15) is 0 Å². The molecule has 0 unspecified atom stereocenters. The molecule has 2 aliphatic heterocycles. The molecule has 0 aliphatic carbocycles. The topological polar surface area (TPSA) is 47.9 Å². The molecule has 2 rings (SSSR count). The van der Waals surface area contributed by atoms with Crippen LogP contribution in [0.4, 0.5) is 0 Å². The van der Waals surface area contributed by atoms with Crippen LogP contribution in [-0.2, 0) is 4.79 Å². The molecule has 2 saturated heterocycles. The van der Waals surface area contributed by atoms with Gasteiger partial charge in [0.2, 0.25) is 5.91 Å². The number of hydrogen-bond acceptors (Lipinski definition) is 2. The summed E-state index contributed by atoms with van der Waals surface area (Å²) >= 11 is 0. The summed E-state index contributed by atoms with van der Waals surface area (Å²) < 4.78 is 0. The second-order valence-corrected chi connectivity index (χ2v) is 6.91. The minimum Gasteiger partial charge on any atom is -0.357 e. The number of amides is 1. The quantitative estimate of drug-likeness (QED) is 0.477. The van der Waals surface area contributed by atoms with Gasteiger partial charge in [0, 0.05) is 45.7 Å². The van der Waals surface area contributed by atoms with Crippen molar-refractivity contribution >= 4 is 11.9 Å². The van der Waals surface area contributed by atoms with Gasteiger partial charge >= 0.3 is 0 Å². The van der Waals surface area contributed by atoms with Crippen LogP contribution in [0, 0.1) is 5.41 Å². The van der Waals surface area contributed by atoms with Crippen LogP contribution in [0.15, 0.2) is 4.99 Å². The molecule has 120 valence electrons. The van der Waals surface area contributed by atoms with Gasteiger partial charge in [-0.3, -0.25) is 9.79 Å². The maximum Gasteiger partial charge on any atom is 0.222 e. The van der Waals surface area contributed by atoms with E-state index >= 15 is 0 Å². The highest BCUT2D eigenvalue weighted by atomic mass is 16.2. The number of hydrogen-bond donors (Lipinski definition) is 1. The second kappa shape index (κ2) is 7.14. The Morgan fingerprint density at radius 3 is 2.76 bits per heavy atom. The van der Waals surface area contributed by atoms with Gasteiger partial charge in [0.15, 0.2) is 5.96 Å². The van der Waals surface area contributed by atoms with Crippen molar-refractivity contribution in [2.24, 2.45) is 10.4 Å². The Hall–Kier alpha value is -1.26. The summed E-state index contributed by atoms with van der Waals surface area (Å²) in [5, 5.41) is 3.39. The van der Waals surface area contributed by atoms with Crippen molar-refractivity contribution < 1.29 is 4.79 Å². The van der Waals surface area contributed by atoms with E-state index in [1.54, 1.807) is 0 Å². The zero-order valence-electron chi connectivity index (χ0n) is 13.8. The summed E-state index contributed by atoms with van der Waals surface area (Å²) in [5.74, 6) is 1.35. The number of aliphatic imine (C=N–C) groups is 1. The van der Waals surface area contributed by atoms with Crippen molar-refractivity contribution in [1.29, 1.82) is 0 Å². The summed E-state index contributed by atoms with van der Waals surface area (Å²) in [6.07, 6.45) is 3.93. The molecule has 0 saturated carbocycles. The monoisotopic (exact) mass is 294 g/mol. The normalized spacial score (nSPS) is 22.2. The number of nitrogens with one attached hydrogen (secondary N) is 1.